The maximum atomic E-state index is 2.57. The standard InChI is InChI=1S/C15H26SSi2/c1-16-15(18(5,6)17(2,3)4)13-12-14-10-8-7-9-11-14/h7-13,15H,1-6H3/b13-12+. The van der Waals surface area contributed by atoms with E-state index in [-0.39, 0.29) is 0 Å². The van der Waals surface area contributed by atoms with Gasteiger partial charge in [0.2, 0.25) is 0 Å². The van der Waals surface area contributed by atoms with Gasteiger partial charge in [-0.05, 0) is 11.8 Å². The summed E-state index contributed by atoms with van der Waals surface area (Å²) < 4.78 is 0. The number of hydrogen-bond acceptors (Lipinski definition) is 1. The van der Waals surface area contributed by atoms with Crippen LogP contribution in [0, 0.1) is 0 Å². The average molecular weight is 295 g/mol. The molecule has 1 aromatic carbocycles. The number of rotatable bonds is 5. The van der Waals surface area contributed by atoms with E-state index in [0.29, 0.717) is 0 Å². The molecule has 0 nitrogen and oxygen atoms in total. The molecular formula is C15H26SSi2. The van der Waals surface area contributed by atoms with Gasteiger partial charge in [-0.2, -0.15) is 11.8 Å². The van der Waals surface area contributed by atoms with Gasteiger partial charge in [0.1, 0.15) is 0 Å². The summed E-state index contributed by atoms with van der Waals surface area (Å²) in [5.74, 6) is 0. The fourth-order valence-corrected chi connectivity index (χ4v) is 12.9. The zero-order chi connectivity index (χ0) is 13.8. The van der Waals surface area contributed by atoms with Crippen LogP contribution >= 0.6 is 11.8 Å². The summed E-state index contributed by atoms with van der Waals surface area (Å²) in [6.07, 6.45) is 7.01. The van der Waals surface area contributed by atoms with Crippen molar-refractivity contribution >= 4 is 33.0 Å². The summed E-state index contributed by atoms with van der Waals surface area (Å²) in [6.45, 7) is 12.7. The highest BCUT2D eigenvalue weighted by Gasteiger charge is 2.41. The molecule has 3 heteroatoms. The van der Waals surface area contributed by atoms with Crippen molar-refractivity contribution in [1.82, 2.24) is 0 Å². The van der Waals surface area contributed by atoms with Gasteiger partial charge in [-0.15, -0.1) is 0 Å². The van der Waals surface area contributed by atoms with E-state index in [4.69, 9.17) is 0 Å². The summed E-state index contributed by atoms with van der Waals surface area (Å²) in [6, 6.07) is 10.6. The van der Waals surface area contributed by atoms with Crippen molar-refractivity contribution in [2.24, 2.45) is 0 Å². The van der Waals surface area contributed by atoms with Crippen molar-refractivity contribution in [3.8, 4) is 0 Å². The summed E-state index contributed by atoms with van der Waals surface area (Å²) in [5.41, 5.74) is 1.32. The number of hydrogen-bond donors (Lipinski definition) is 0. The van der Waals surface area contributed by atoms with Crippen LogP contribution in [-0.4, -0.2) is 26.3 Å². The molecule has 0 aliphatic heterocycles. The van der Waals surface area contributed by atoms with Crippen LogP contribution in [0.4, 0.5) is 0 Å². The zero-order valence-electron chi connectivity index (χ0n) is 12.5. The molecule has 100 valence electrons. The molecule has 1 aromatic rings. The lowest BCUT2D eigenvalue weighted by Crippen LogP contribution is -2.59. The smallest absolute Gasteiger partial charge is 0.0603 e. The van der Waals surface area contributed by atoms with Crippen LogP contribution in [-0.2, 0) is 0 Å². The van der Waals surface area contributed by atoms with Gasteiger partial charge in [-0.25, -0.2) is 0 Å². The van der Waals surface area contributed by atoms with Gasteiger partial charge in [-0.1, -0.05) is 75.2 Å². The lowest BCUT2D eigenvalue weighted by atomic mass is 10.2. The summed E-state index contributed by atoms with van der Waals surface area (Å²) >= 11 is 2.03. The minimum absolute atomic E-state index is 0.726. The first-order valence-corrected chi connectivity index (χ1v) is 15.4. The molecule has 0 spiro atoms. The van der Waals surface area contributed by atoms with E-state index < -0.39 is 15.2 Å². The lowest BCUT2D eigenvalue weighted by molar-refractivity contribution is 1.49. The van der Waals surface area contributed by atoms with E-state index in [0.717, 1.165) is 4.87 Å². The maximum absolute atomic E-state index is 2.57. The highest BCUT2D eigenvalue weighted by atomic mass is 32.2. The fraction of sp³-hybridized carbons (Fsp3) is 0.467. The van der Waals surface area contributed by atoms with Crippen LogP contribution in [0.2, 0.25) is 32.7 Å². The quantitative estimate of drug-likeness (QED) is 0.681. The Morgan fingerprint density at radius 3 is 2.00 bits per heavy atom. The van der Waals surface area contributed by atoms with Gasteiger partial charge >= 0.3 is 0 Å². The first-order chi connectivity index (χ1) is 8.29. The summed E-state index contributed by atoms with van der Waals surface area (Å²) in [5, 5.41) is 0. The molecule has 1 atom stereocenters. The van der Waals surface area contributed by atoms with Crippen molar-refractivity contribution < 1.29 is 0 Å². The molecule has 0 aliphatic carbocycles. The Labute approximate surface area is 119 Å². The minimum Gasteiger partial charge on any atom is -0.161 e. The van der Waals surface area contributed by atoms with E-state index in [1.807, 2.05) is 11.8 Å². The molecule has 0 radical (unpaired) electrons. The van der Waals surface area contributed by atoms with Crippen LogP contribution < -0.4 is 0 Å². The molecule has 1 rings (SSSR count). The largest absolute Gasteiger partial charge is 0.161 e. The molecule has 0 saturated heterocycles. The van der Waals surface area contributed by atoms with E-state index >= 15 is 0 Å². The van der Waals surface area contributed by atoms with Crippen LogP contribution in [0.15, 0.2) is 36.4 Å². The van der Waals surface area contributed by atoms with Gasteiger partial charge in [0.05, 0.1) is 7.59 Å². The molecule has 0 heterocycles. The molecule has 1 unspecified atom stereocenters. The lowest BCUT2D eigenvalue weighted by Gasteiger charge is -2.40. The second-order valence-electron chi connectivity index (χ2n) is 6.40. The molecule has 0 fully saturated rings. The molecule has 0 saturated carbocycles. The number of benzene rings is 1. The minimum atomic E-state index is -1.17. The van der Waals surface area contributed by atoms with Gasteiger partial charge in [0.25, 0.3) is 0 Å². The Morgan fingerprint density at radius 1 is 1.00 bits per heavy atom. The van der Waals surface area contributed by atoms with Gasteiger partial charge in [-0.3, -0.25) is 0 Å². The summed E-state index contributed by atoms with van der Waals surface area (Å²) in [4.78, 5) is 0.726. The Bertz CT molecular complexity index is 391. The van der Waals surface area contributed by atoms with E-state index in [9.17, 15) is 0 Å². The third kappa shape index (κ3) is 3.87. The molecule has 0 amide bonds. The molecule has 0 aliphatic rings. The van der Waals surface area contributed by atoms with E-state index in [1.54, 1.807) is 0 Å². The van der Waals surface area contributed by atoms with Crippen LogP contribution in [0.3, 0.4) is 0 Å². The van der Waals surface area contributed by atoms with Crippen LogP contribution in [0.5, 0.6) is 0 Å². The highest BCUT2D eigenvalue weighted by Crippen LogP contribution is 2.30. The third-order valence-electron chi connectivity index (χ3n) is 4.16. The first kappa shape index (κ1) is 15.8. The predicted molar refractivity (Wildman–Crippen MR) is 93.6 cm³/mol. The second-order valence-corrected chi connectivity index (χ2v) is 24.7. The monoisotopic (exact) mass is 294 g/mol. The normalized spacial score (nSPS) is 15.0. The van der Waals surface area contributed by atoms with Gasteiger partial charge in [0.15, 0.2) is 0 Å². The van der Waals surface area contributed by atoms with E-state index in [2.05, 4.69) is 81.5 Å². The molecular weight excluding hydrogens is 268 g/mol. The van der Waals surface area contributed by atoms with Crippen molar-refractivity contribution in [2.75, 3.05) is 6.26 Å². The molecule has 0 N–H and O–H groups in total. The Hall–Kier alpha value is -0.256. The Morgan fingerprint density at radius 2 is 1.56 bits per heavy atom. The topological polar surface area (TPSA) is 0 Å². The predicted octanol–water partition coefficient (Wildman–Crippen LogP) is 5.10. The zero-order valence-corrected chi connectivity index (χ0v) is 15.3. The maximum Gasteiger partial charge on any atom is 0.0603 e. The van der Waals surface area contributed by atoms with Crippen molar-refractivity contribution in [1.29, 1.82) is 0 Å². The van der Waals surface area contributed by atoms with Crippen molar-refractivity contribution in [3.05, 3.63) is 42.0 Å². The molecule has 0 bridgehead atoms. The van der Waals surface area contributed by atoms with Crippen LogP contribution in [0.1, 0.15) is 5.56 Å². The SMILES string of the molecule is CSC(/C=C/c1ccccc1)[Si](C)(C)[Si](C)(C)C. The average Bonchev–Trinajstić information content (AvgIpc) is 2.29. The summed E-state index contributed by atoms with van der Waals surface area (Å²) in [7, 11) is -2.21. The van der Waals surface area contributed by atoms with Crippen molar-refractivity contribution in [3.63, 3.8) is 0 Å². The Balaban J connectivity index is 2.89. The molecule has 0 aromatic heterocycles. The van der Waals surface area contributed by atoms with Gasteiger partial charge in [0, 0.05) is 12.5 Å². The highest BCUT2D eigenvalue weighted by molar-refractivity contribution is 8.02. The first-order valence-electron chi connectivity index (χ1n) is 6.55. The number of thioether (sulfide) groups is 1. The van der Waals surface area contributed by atoms with Crippen LogP contribution in [0.25, 0.3) is 6.08 Å². The molecule has 18 heavy (non-hydrogen) atoms. The Kier molecular flexibility index (Phi) is 5.50. The second kappa shape index (κ2) is 6.26. The fourth-order valence-electron chi connectivity index (χ4n) is 1.80. The third-order valence-corrected chi connectivity index (χ3v) is 25.9. The van der Waals surface area contributed by atoms with Gasteiger partial charge < -0.3 is 0 Å². The van der Waals surface area contributed by atoms with E-state index in [1.165, 1.54) is 5.56 Å². The van der Waals surface area contributed by atoms with Crippen molar-refractivity contribution in [2.45, 2.75) is 37.6 Å².